The highest BCUT2D eigenvalue weighted by Crippen LogP contribution is 2.24. The van der Waals surface area contributed by atoms with Gasteiger partial charge >= 0.3 is 0 Å². The van der Waals surface area contributed by atoms with Crippen LogP contribution in [0.25, 0.3) is 5.70 Å². The summed E-state index contributed by atoms with van der Waals surface area (Å²) in [6.07, 6.45) is 2.13. The average molecular weight is 442 g/mol. The summed E-state index contributed by atoms with van der Waals surface area (Å²) in [5.41, 5.74) is 8.20. The van der Waals surface area contributed by atoms with Gasteiger partial charge in [-0.3, -0.25) is 20.4 Å². The van der Waals surface area contributed by atoms with Crippen LogP contribution in [0.15, 0.2) is 59.5 Å². The smallest absolute Gasteiger partial charge is 0.243 e. The lowest BCUT2D eigenvalue weighted by Crippen LogP contribution is -2.40. The fraction of sp³-hybridized carbons (Fsp3) is 0.273. The molecule has 9 heteroatoms. The zero-order valence-electron chi connectivity index (χ0n) is 16.8. The van der Waals surface area contributed by atoms with E-state index in [0.29, 0.717) is 44.0 Å². The highest BCUT2D eigenvalue weighted by atomic mass is 32.2. The molecule has 1 aliphatic carbocycles. The number of ketones is 1. The molecular weight excluding hydrogens is 418 g/mol. The maximum Gasteiger partial charge on any atom is 0.243 e. The van der Waals surface area contributed by atoms with Crippen LogP contribution in [-0.2, 0) is 26.0 Å². The predicted molar refractivity (Wildman–Crippen MR) is 114 cm³/mol. The molecule has 2 aromatic rings. The summed E-state index contributed by atoms with van der Waals surface area (Å²) in [6.45, 7) is 1.50. The Bertz CT molecular complexity index is 1120. The topological polar surface area (TPSA) is 105 Å². The molecule has 0 aromatic heterocycles. The molecule has 2 N–H and O–H groups in total. The van der Waals surface area contributed by atoms with Crippen molar-refractivity contribution in [1.29, 1.82) is 0 Å². The molecule has 162 valence electrons. The Hall–Kier alpha value is -3.01. The Balaban J connectivity index is 1.29. The van der Waals surface area contributed by atoms with Gasteiger partial charge in [-0.25, -0.2) is 8.42 Å². The Morgan fingerprint density at radius 1 is 1.00 bits per heavy atom. The van der Waals surface area contributed by atoms with Crippen molar-refractivity contribution in [2.24, 2.45) is 0 Å². The van der Waals surface area contributed by atoms with Crippen molar-refractivity contribution < 1.29 is 22.7 Å². The van der Waals surface area contributed by atoms with Crippen LogP contribution in [0, 0.1) is 0 Å². The lowest BCUT2D eigenvalue weighted by Gasteiger charge is -2.26. The third kappa shape index (κ3) is 4.68. The van der Waals surface area contributed by atoms with Crippen LogP contribution in [0.4, 0.5) is 0 Å². The number of hydrogen-bond acceptors (Lipinski definition) is 6. The molecular formula is C22H23N3O5S. The number of carbonyl (C=O) groups is 2. The maximum absolute atomic E-state index is 12.7. The van der Waals surface area contributed by atoms with E-state index in [0.717, 1.165) is 11.1 Å². The van der Waals surface area contributed by atoms with E-state index in [1.54, 1.807) is 36.4 Å². The van der Waals surface area contributed by atoms with Gasteiger partial charge in [0.1, 0.15) is 0 Å². The number of allylic oxidation sites excluding steroid dienone is 1. The molecule has 0 saturated carbocycles. The summed E-state index contributed by atoms with van der Waals surface area (Å²) in [4.78, 5) is 24.4. The summed E-state index contributed by atoms with van der Waals surface area (Å²) in [7, 11) is -3.53. The molecule has 4 rings (SSSR count). The van der Waals surface area contributed by atoms with Crippen molar-refractivity contribution in [2.75, 3.05) is 26.3 Å². The number of aryl methyl sites for hydroxylation is 1. The maximum atomic E-state index is 12.7. The van der Waals surface area contributed by atoms with Gasteiger partial charge in [0.15, 0.2) is 5.78 Å². The van der Waals surface area contributed by atoms with Crippen molar-refractivity contribution >= 4 is 27.4 Å². The lowest BCUT2D eigenvalue weighted by atomic mass is 10.1. The SMILES string of the molecule is O=C(CCc1ccc(S(=O)(=O)N2CCOCC2)cc1)NNC1=CC(=O)c2ccccc21. The van der Waals surface area contributed by atoms with Gasteiger partial charge in [0, 0.05) is 36.7 Å². The van der Waals surface area contributed by atoms with E-state index in [2.05, 4.69) is 10.9 Å². The minimum atomic E-state index is -3.53. The molecule has 1 saturated heterocycles. The third-order valence-electron chi connectivity index (χ3n) is 5.27. The van der Waals surface area contributed by atoms with E-state index < -0.39 is 10.0 Å². The highest BCUT2D eigenvalue weighted by Gasteiger charge is 2.26. The molecule has 2 aromatic carbocycles. The second-order valence-electron chi connectivity index (χ2n) is 7.30. The third-order valence-corrected chi connectivity index (χ3v) is 7.18. The molecule has 1 amide bonds. The van der Waals surface area contributed by atoms with E-state index in [1.165, 1.54) is 10.4 Å². The fourth-order valence-electron chi connectivity index (χ4n) is 3.54. The number of hydrogen-bond donors (Lipinski definition) is 2. The van der Waals surface area contributed by atoms with Gasteiger partial charge in [-0.05, 0) is 24.1 Å². The first-order chi connectivity index (χ1) is 14.9. The standard InChI is InChI=1S/C22H23N3O5S/c26-21-15-20(18-3-1-2-4-19(18)21)23-24-22(27)10-7-16-5-8-17(9-6-16)31(28,29)25-11-13-30-14-12-25/h1-6,8-9,15,23H,7,10-14H2,(H,24,27). The Morgan fingerprint density at radius 2 is 1.68 bits per heavy atom. The Kier molecular flexibility index (Phi) is 6.17. The fourth-order valence-corrected chi connectivity index (χ4v) is 4.95. The van der Waals surface area contributed by atoms with Crippen LogP contribution in [0.1, 0.15) is 27.9 Å². The lowest BCUT2D eigenvalue weighted by molar-refractivity contribution is -0.121. The number of hydrazine groups is 1. The van der Waals surface area contributed by atoms with Crippen LogP contribution in [0.5, 0.6) is 0 Å². The summed E-state index contributed by atoms with van der Waals surface area (Å²) in [6, 6.07) is 13.8. The first-order valence-corrected chi connectivity index (χ1v) is 11.5. The molecule has 0 bridgehead atoms. The van der Waals surface area contributed by atoms with Crippen LogP contribution >= 0.6 is 0 Å². The summed E-state index contributed by atoms with van der Waals surface area (Å²) >= 11 is 0. The molecule has 1 heterocycles. The molecule has 0 spiro atoms. The number of ether oxygens (including phenoxy) is 1. The zero-order valence-corrected chi connectivity index (χ0v) is 17.7. The van der Waals surface area contributed by atoms with E-state index >= 15 is 0 Å². The first-order valence-electron chi connectivity index (χ1n) is 10.0. The molecule has 2 aliphatic rings. The summed E-state index contributed by atoms with van der Waals surface area (Å²) in [5, 5.41) is 0. The van der Waals surface area contributed by atoms with Gasteiger partial charge in [-0.1, -0.05) is 36.4 Å². The largest absolute Gasteiger partial charge is 0.379 e. The minimum Gasteiger partial charge on any atom is -0.379 e. The van der Waals surface area contributed by atoms with Crippen molar-refractivity contribution in [3.8, 4) is 0 Å². The number of benzene rings is 2. The van der Waals surface area contributed by atoms with Crippen LogP contribution < -0.4 is 10.9 Å². The van der Waals surface area contributed by atoms with E-state index in [9.17, 15) is 18.0 Å². The number of fused-ring (bicyclic) bond motifs is 1. The number of rotatable bonds is 7. The second-order valence-corrected chi connectivity index (χ2v) is 9.24. The molecule has 8 nitrogen and oxygen atoms in total. The summed E-state index contributed by atoms with van der Waals surface area (Å²) in [5.74, 6) is -0.331. The second kappa shape index (κ2) is 9.01. The van der Waals surface area contributed by atoms with E-state index in [-0.39, 0.29) is 23.0 Å². The van der Waals surface area contributed by atoms with Crippen molar-refractivity contribution in [2.45, 2.75) is 17.7 Å². The number of carbonyl (C=O) groups excluding carboxylic acids is 2. The van der Waals surface area contributed by atoms with Crippen LogP contribution in [0.3, 0.4) is 0 Å². The first kappa shape index (κ1) is 21.2. The Morgan fingerprint density at radius 3 is 2.39 bits per heavy atom. The van der Waals surface area contributed by atoms with Crippen LogP contribution in [0.2, 0.25) is 0 Å². The van der Waals surface area contributed by atoms with Gasteiger partial charge in [0.25, 0.3) is 0 Å². The number of nitrogens with one attached hydrogen (secondary N) is 2. The average Bonchev–Trinajstić information content (AvgIpc) is 3.13. The zero-order chi connectivity index (χ0) is 21.8. The number of amides is 1. The predicted octanol–water partition coefficient (Wildman–Crippen LogP) is 1.50. The molecule has 0 unspecified atom stereocenters. The number of morpholine rings is 1. The van der Waals surface area contributed by atoms with E-state index in [1.807, 2.05) is 12.1 Å². The Labute approximate surface area is 180 Å². The number of sulfonamides is 1. The minimum absolute atomic E-state index is 0.0977. The molecule has 31 heavy (non-hydrogen) atoms. The highest BCUT2D eigenvalue weighted by molar-refractivity contribution is 7.89. The quantitative estimate of drug-likeness (QED) is 0.631. The van der Waals surface area contributed by atoms with Crippen molar-refractivity contribution in [1.82, 2.24) is 15.2 Å². The van der Waals surface area contributed by atoms with Gasteiger partial charge < -0.3 is 4.74 Å². The van der Waals surface area contributed by atoms with Gasteiger partial charge in [-0.2, -0.15) is 4.31 Å². The molecule has 1 fully saturated rings. The molecule has 0 atom stereocenters. The van der Waals surface area contributed by atoms with Gasteiger partial charge in [0.2, 0.25) is 15.9 Å². The van der Waals surface area contributed by atoms with Crippen LogP contribution in [-0.4, -0.2) is 50.7 Å². The normalized spacial score (nSPS) is 16.5. The summed E-state index contributed by atoms with van der Waals surface area (Å²) < 4.78 is 31.9. The molecule has 1 aliphatic heterocycles. The number of nitrogens with zero attached hydrogens (tertiary/aromatic N) is 1. The van der Waals surface area contributed by atoms with E-state index in [4.69, 9.17) is 4.74 Å². The van der Waals surface area contributed by atoms with Gasteiger partial charge in [0.05, 0.1) is 23.8 Å². The molecule has 0 radical (unpaired) electrons. The monoisotopic (exact) mass is 441 g/mol. The van der Waals surface area contributed by atoms with Crippen molar-refractivity contribution in [3.63, 3.8) is 0 Å². The van der Waals surface area contributed by atoms with Crippen molar-refractivity contribution in [3.05, 3.63) is 71.3 Å². The van der Waals surface area contributed by atoms with Gasteiger partial charge in [-0.15, -0.1) is 0 Å².